The summed E-state index contributed by atoms with van der Waals surface area (Å²) in [4.78, 5) is 7.64. The van der Waals surface area contributed by atoms with E-state index in [0.29, 0.717) is 5.92 Å². The molecular weight excluding hydrogens is 442 g/mol. The van der Waals surface area contributed by atoms with E-state index in [0.717, 1.165) is 56.0 Å². The van der Waals surface area contributed by atoms with E-state index in [2.05, 4.69) is 96.4 Å². The molecule has 0 unspecified atom stereocenters. The molecule has 5 nitrogen and oxygen atoms in total. The first-order valence-electron chi connectivity index (χ1n) is 12.9. The van der Waals surface area contributed by atoms with Gasteiger partial charge in [-0.3, -0.25) is 4.90 Å². The largest absolute Gasteiger partial charge is 0.366 e. The summed E-state index contributed by atoms with van der Waals surface area (Å²) in [6.45, 7) is 11.8. The first-order chi connectivity index (χ1) is 17.6. The number of aryl methyl sites for hydroxylation is 1. The zero-order valence-corrected chi connectivity index (χ0v) is 21.3. The molecule has 1 aliphatic rings. The smallest absolute Gasteiger partial charge is 0.160 e. The van der Waals surface area contributed by atoms with Gasteiger partial charge in [-0.25, -0.2) is 4.98 Å². The summed E-state index contributed by atoms with van der Waals surface area (Å²) < 4.78 is 1.93. The fourth-order valence-electron chi connectivity index (χ4n) is 5.05. The van der Waals surface area contributed by atoms with Crippen LogP contribution in [0.15, 0.2) is 91.2 Å². The van der Waals surface area contributed by atoms with Crippen LogP contribution in [0.25, 0.3) is 16.4 Å². The summed E-state index contributed by atoms with van der Waals surface area (Å²) in [5.74, 6) is 1.45. The molecule has 0 amide bonds. The molecule has 0 atom stereocenters. The lowest BCUT2D eigenvalue weighted by Crippen LogP contribution is -2.32. The van der Waals surface area contributed by atoms with Crippen molar-refractivity contribution in [3.8, 4) is 0 Å². The van der Waals surface area contributed by atoms with Crippen LogP contribution >= 0.6 is 0 Å². The number of aromatic nitrogens is 3. The average Bonchev–Trinajstić information content (AvgIpc) is 3.29. The molecule has 0 bridgehead atoms. The standard InChI is InChI=1S/C31H35N5/c1-4-6-9-24(5-2)21-32-30-19-29(34-31-23(3)20-33-36(30)31)27-14-16-35(17-15-27)22-25-12-13-26-10-7-8-11-28(26)18-25/h4-13,18-20,27,32H,1,14-17,21-22H2,2-3H3/b9-6-,24-5+. The van der Waals surface area contributed by atoms with Crippen LogP contribution in [0.3, 0.4) is 0 Å². The van der Waals surface area contributed by atoms with Crippen LogP contribution in [-0.4, -0.2) is 39.1 Å². The van der Waals surface area contributed by atoms with Gasteiger partial charge in [0.15, 0.2) is 5.65 Å². The molecule has 5 heteroatoms. The van der Waals surface area contributed by atoms with Crippen molar-refractivity contribution in [1.29, 1.82) is 0 Å². The van der Waals surface area contributed by atoms with E-state index in [4.69, 9.17) is 4.98 Å². The minimum absolute atomic E-state index is 0.458. The van der Waals surface area contributed by atoms with E-state index < -0.39 is 0 Å². The van der Waals surface area contributed by atoms with Crippen molar-refractivity contribution in [2.75, 3.05) is 25.0 Å². The van der Waals surface area contributed by atoms with E-state index >= 15 is 0 Å². The molecule has 1 aliphatic heterocycles. The fraction of sp³-hybridized carbons (Fsp3) is 0.290. The second-order valence-electron chi connectivity index (χ2n) is 9.67. The minimum atomic E-state index is 0.458. The molecule has 1 N–H and O–H groups in total. The van der Waals surface area contributed by atoms with Gasteiger partial charge >= 0.3 is 0 Å². The molecule has 1 fully saturated rings. The van der Waals surface area contributed by atoms with Crippen LogP contribution < -0.4 is 5.32 Å². The van der Waals surface area contributed by atoms with E-state index in [1.807, 2.05) is 16.8 Å². The van der Waals surface area contributed by atoms with E-state index in [-0.39, 0.29) is 0 Å². The maximum Gasteiger partial charge on any atom is 0.160 e. The van der Waals surface area contributed by atoms with Gasteiger partial charge in [0.2, 0.25) is 0 Å². The second-order valence-corrected chi connectivity index (χ2v) is 9.67. The Labute approximate surface area is 213 Å². The van der Waals surface area contributed by atoms with Gasteiger partial charge in [0.05, 0.1) is 6.20 Å². The first kappa shape index (κ1) is 24.0. The molecule has 0 saturated carbocycles. The predicted octanol–water partition coefficient (Wildman–Crippen LogP) is 6.67. The Hall–Kier alpha value is -3.70. The average molecular weight is 478 g/mol. The third kappa shape index (κ3) is 5.26. The summed E-state index contributed by atoms with van der Waals surface area (Å²) >= 11 is 0. The number of piperidine rings is 1. The lowest BCUT2D eigenvalue weighted by molar-refractivity contribution is 0.203. The van der Waals surface area contributed by atoms with Crippen molar-refractivity contribution < 1.29 is 0 Å². The van der Waals surface area contributed by atoms with Gasteiger partial charge in [0, 0.05) is 36.3 Å². The number of nitrogens with one attached hydrogen (secondary N) is 1. The molecule has 2 aromatic carbocycles. The third-order valence-corrected chi connectivity index (χ3v) is 7.18. The third-order valence-electron chi connectivity index (χ3n) is 7.18. The summed E-state index contributed by atoms with van der Waals surface area (Å²) in [6.07, 6.45) is 12.1. The lowest BCUT2D eigenvalue weighted by Gasteiger charge is -2.32. The van der Waals surface area contributed by atoms with E-state index in [9.17, 15) is 0 Å². The second kappa shape index (κ2) is 10.9. The van der Waals surface area contributed by atoms with Crippen LogP contribution in [-0.2, 0) is 6.54 Å². The summed E-state index contributed by atoms with van der Waals surface area (Å²) in [5, 5.41) is 10.8. The molecule has 0 radical (unpaired) electrons. The number of rotatable bonds is 8. The highest BCUT2D eigenvalue weighted by Crippen LogP contribution is 2.30. The highest BCUT2D eigenvalue weighted by atomic mass is 15.3. The molecule has 184 valence electrons. The number of nitrogens with zero attached hydrogens (tertiary/aromatic N) is 4. The molecule has 2 aromatic heterocycles. The van der Waals surface area contributed by atoms with Crippen LogP contribution in [0.5, 0.6) is 0 Å². The number of fused-ring (bicyclic) bond motifs is 2. The number of benzene rings is 2. The summed E-state index contributed by atoms with van der Waals surface area (Å²) in [7, 11) is 0. The molecule has 36 heavy (non-hydrogen) atoms. The molecule has 0 spiro atoms. The number of allylic oxidation sites excluding steroid dienone is 3. The normalized spacial score (nSPS) is 15.8. The predicted molar refractivity (Wildman–Crippen MR) is 151 cm³/mol. The van der Waals surface area contributed by atoms with Crippen molar-refractivity contribution >= 4 is 22.2 Å². The Kier molecular flexibility index (Phi) is 7.28. The van der Waals surface area contributed by atoms with Crippen LogP contribution in [0, 0.1) is 6.92 Å². The van der Waals surface area contributed by atoms with Crippen molar-refractivity contribution in [2.45, 2.75) is 39.2 Å². The van der Waals surface area contributed by atoms with E-state index in [1.165, 1.54) is 27.6 Å². The van der Waals surface area contributed by atoms with E-state index in [1.54, 1.807) is 6.08 Å². The van der Waals surface area contributed by atoms with Gasteiger partial charge in [-0.1, -0.05) is 67.3 Å². The van der Waals surface area contributed by atoms with Crippen LogP contribution in [0.4, 0.5) is 5.82 Å². The van der Waals surface area contributed by atoms with Gasteiger partial charge in [-0.2, -0.15) is 9.61 Å². The van der Waals surface area contributed by atoms with Crippen LogP contribution in [0.1, 0.15) is 42.5 Å². The zero-order chi connectivity index (χ0) is 24.9. The maximum absolute atomic E-state index is 5.06. The highest BCUT2D eigenvalue weighted by Gasteiger charge is 2.23. The molecule has 0 aliphatic carbocycles. The summed E-state index contributed by atoms with van der Waals surface area (Å²) in [6, 6.07) is 17.6. The number of likely N-dealkylation sites (tertiary alicyclic amines) is 1. The van der Waals surface area contributed by atoms with Gasteiger partial charge < -0.3 is 5.32 Å². The van der Waals surface area contributed by atoms with Gasteiger partial charge in [0.1, 0.15) is 5.82 Å². The monoisotopic (exact) mass is 477 g/mol. The molecule has 4 aromatic rings. The Bertz CT molecular complexity index is 1420. The quantitative estimate of drug-likeness (QED) is 0.288. The Balaban J connectivity index is 1.29. The van der Waals surface area contributed by atoms with Crippen LogP contribution in [0.2, 0.25) is 0 Å². The zero-order valence-electron chi connectivity index (χ0n) is 21.3. The number of hydrogen-bond acceptors (Lipinski definition) is 4. The number of hydrogen-bond donors (Lipinski definition) is 1. The molecular formula is C31H35N5. The van der Waals surface area contributed by atoms with Gasteiger partial charge in [-0.15, -0.1) is 0 Å². The lowest BCUT2D eigenvalue weighted by atomic mass is 9.92. The highest BCUT2D eigenvalue weighted by molar-refractivity contribution is 5.82. The Morgan fingerprint density at radius 2 is 1.92 bits per heavy atom. The minimum Gasteiger partial charge on any atom is -0.366 e. The summed E-state index contributed by atoms with van der Waals surface area (Å²) in [5.41, 5.74) is 5.80. The van der Waals surface area contributed by atoms with Gasteiger partial charge in [0.25, 0.3) is 0 Å². The Morgan fingerprint density at radius 3 is 2.69 bits per heavy atom. The Morgan fingerprint density at radius 1 is 1.11 bits per heavy atom. The topological polar surface area (TPSA) is 45.5 Å². The van der Waals surface area contributed by atoms with Crippen molar-refractivity contribution in [3.05, 3.63) is 108 Å². The van der Waals surface area contributed by atoms with Gasteiger partial charge in [-0.05, 0) is 67.8 Å². The molecule has 5 rings (SSSR count). The molecule has 3 heterocycles. The van der Waals surface area contributed by atoms with Crippen molar-refractivity contribution in [1.82, 2.24) is 19.5 Å². The first-order valence-corrected chi connectivity index (χ1v) is 12.9. The van der Waals surface area contributed by atoms with Crippen molar-refractivity contribution in [2.24, 2.45) is 0 Å². The number of anilines is 1. The maximum atomic E-state index is 5.06. The fourth-order valence-corrected chi connectivity index (χ4v) is 5.05. The SMILES string of the molecule is C=C/C=C\C(=C/C)CNc1cc(C2CCN(Cc3ccc4ccccc4c3)CC2)nc2c(C)cnn12. The molecule has 1 saturated heterocycles. The van der Waals surface area contributed by atoms with Crippen molar-refractivity contribution in [3.63, 3.8) is 0 Å².